The first kappa shape index (κ1) is 24.2. The molecule has 7 nitrogen and oxygen atoms in total. The molecule has 1 heterocycles. The summed E-state index contributed by atoms with van der Waals surface area (Å²) in [4.78, 5) is 28.3. The lowest BCUT2D eigenvalue weighted by molar-refractivity contribution is -0.148. The van der Waals surface area contributed by atoms with Gasteiger partial charge >= 0.3 is 5.97 Å². The second-order valence-corrected chi connectivity index (χ2v) is 7.13. The van der Waals surface area contributed by atoms with Crippen LogP contribution >= 0.6 is 0 Å². The number of hydrogen-bond acceptors (Lipinski definition) is 6. The molecule has 0 radical (unpaired) electrons. The van der Waals surface area contributed by atoms with E-state index < -0.39 is 0 Å². The fraction of sp³-hybridized carbons (Fsp3) is 0.458. The number of methoxy groups -OCH3 is 1. The minimum atomic E-state index is -0.216. The molecule has 2 aromatic rings. The SMILES string of the molecule is CCCCC(Cc1ccc(OCCNC(=O)c2ccc(OC)nc2)cc1)C(=O)OCC. The highest BCUT2D eigenvalue weighted by atomic mass is 16.5. The molecule has 2 rings (SSSR count). The average molecular weight is 429 g/mol. The molecule has 1 amide bonds. The van der Waals surface area contributed by atoms with E-state index in [4.69, 9.17) is 14.2 Å². The number of unbranched alkanes of at least 4 members (excludes halogenated alkanes) is 1. The first-order valence-corrected chi connectivity index (χ1v) is 10.7. The van der Waals surface area contributed by atoms with E-state index in [0.717, 1.165) is 24.8 Å². The van der Waals surface area contributed by atoms with Crippen LogP contribution in [0.4, 0.5) is 0 Å². The lowest BCUT2D eigenvalue weighted by Gasteiger charge is -2.15. The van der Waals surface area contributed by atoms with Crippen molar-refractivity contribution in [3.8, 4) is 11.6 Å². The van der Waals surface area contributed by atoms with Crippen molar-refractivity contribution in [3.05, 3.63) is 53.7 Å². The Balaban J connectivity index is 1.78. The molecule has 168 valence electrons. The highest BCUT2D eigenvalue weighted by Crippen LogP contribution is 2.20. The Labute approximate surface area is 184 Å². The van der Waals surface area contributed by atoms with Crippen molar-refractivity contribution >= 4 is 11.9 Å². The van der Waals surface area contributed by atoms with E-state index in [1.807, 2.05) is 31.2 Å². The molecule has 0 saturated heterocycles. The van der Waals surface area contributed by atoms with Crippen LogP contribution < -0.4 is 14.8 Å². The van der Waals surface area contributed by atoms with Crippen LogP contribution in [-0.2, 0) is 16.0 Å². The molecule has 0 aliphatic carbocycles. The number of benzene rings is 1. The topological polar surface area (TPSA) is 86.8 Å². The Morgan fingerprint density at radius 3 is 2.48 bits per heavy atom. The summed E-state index contributed by atoms with van der Waals surface area (Å²) in [6.45, 7) is 5.06. The van der Waals surface area contributed by atoms with Crippen LogP contribution in [0, 0.1) is 5.92 Å². The van der Waals surface area contributed by atoms with Gasteiger partial charge < -0.3 is 19.5 Å². The standard InChI is InChI=1S/C24H32N2O5/c1-4-6-7-19(24(28)30-5-2)16-18-8-11-21(12-9-18)31-15-14-25-23(27)20-10-13-22(29-3)26-17-20/h8-13,17,19H,4-7,14-16H2,1-3H3,(H,25,27). The number of rotatable bonds is 13. The summed E-state index contributed by atoms with van der Waals surface area (Å²) >= 11 is 0. The zero-order chi connectivity index (χ0) is 22.5. The number of nitrogens with zero attached hydrogens (tertiary/aromatic N) is 1. The van der Waals surface area contributed by atoms with Crippen LogP contribution in [0.3, 0.4) is 0 Å². The van der Waals surface area contributed by atoms with Crippen LogP contribution in [-0.4, -0.2) is 43.7 Å². The number of carbonyl (C=O) groups excluding carboxylic acids is 2. The van der Waals surface area contributed by atoms with Gasteiger partial charge in [0.2, 0.25) is 5.88 Å². The summed E-state index contributed by atoms with van der Waals surface area (Å²) in [5.74, 6) is 0.715. The molecule has 1 atom stereocenters. The molecule has 1 N–H and O–H groups in total. The van der Waals surface area contributed by atoms with Crippen LogP contribution in [0.1, 0.15) is 49.0 Å². The highest BCUT2D eigenvalue weighted by Gasteiger charge is 2.19. The monoisotopic (exact) mass is 428 g/mol. The highest BCUT2D eigenvalue weighted by molar-refractivity contribution is 5.93. The van der Waals surface area contributed by atoms with Gasteiger partial charge in [-0.05, 0) is 43.5 Å². The Morgan fingerprint density at radius 2 is 1.87 bits per heavy atom. The van der Waals surface area contributed by atoms with Gasteiger partial charge in [-0.3, -0.25) is 9.59 Å². The van der Waals surface area contributed by atoms with E-state index in [0.29, 0.717) is 43.4 Å². The summed E-state index contributed by atoms with van der Waals surface area (Å²) in [6.07, 6.45) is 5.01. The molecule has 0 aliphatic heterocycles. The maximum Gasteiger partial charge on any atom is 0.309 e. The third-order valence-corrected chi connectivity index (χ3v) is 4.80. The van der Waals surface area contributed by atoms with Crippen LogP contribution in [0.2, 0.25) is 0 Å². The molecule has 7 heteroatoms. The number of nitrogens with one attached hydrogen (secondary N) is 1. The number of ether oxygens (including phenoxy) is 3. The molecule has 1 aromatic carbocycles. The van der Waals surface area contributed by atoms with E-state index in [-0.39, 0.29) is 17.8 Å². The van der Waals surface area contributed by atoms with Crippen molar-refractivity contribution in [1.82, 2.24) is 10.3 Å². The smallest absolute Gasteiger partial charge is 0.309 e. The van der Waals surface area contributed by atoms with Gasteiger partial charge in [-0.2, -0.15) is 0 Å². The first-order chi connectivity index (χ1) is 15.1. The lowest BCUT2D eigenvalue weighted by Crippen LogP contribution is -2.28. The molecule has 0 bridgehead atoms. The third kappa shape index (κ3) is 8.28. The average Bonchev–Trinajstić information content (AvgIpc) is 2.80. The molecule has 1 aromatic heterocycles. The van der Waals surface area contributed by atoms with Gasteiger partial charge in [-0.15, -0.1) is 0 Å². The summed E-state index contributed by atoms with van der Waals surface area (Å²) in [5, 5.41) is 2.79. The number of hydrogen-bond donors (Lipinski definition) is 1. The first-order valence-electron chi connectivity index (χ1n) is 10.7. The Hall–Kier alpha value is -3.09. The molecule has 31 heavy (non-hydrogen) atoms. The number of pyridine rings is 1. The number of amides is 1. The summed E-state index contributed by atoms with van der Waals surface area (Å²) < 4.78 is 15.9. The maximum atomic E-state index is 12.2. The van der Waals surface area contributed by atoms with E-state index in [1.165, 1.54) is 13.3 Å². The minimum absolute atomic E-state index is 0.116. The van der Waals surface area contributed by atoms with Gasteiger partial charge in [0.05, 0.1) is 31.7 Å². The summed E-state index contributed by atoms with van der Waals surface area (Å²) in [6, 6.07) is 11.0. The largest absolute Gasteiger partial charge is 0.492 e. The molecule has 0 saturated carbocycles. The normalized spacial score (nSPS) is 11.5. The van der Waals surface area contributed by atoms with Crippen molar-refractivity contribution in [2.75, 3.05) is 26.9 Å². The van der Waals surface area contributed by atoms with Crippen molar-refractivity contribution in [2.45, 2.75) is 39.5 Å². The number of aromatic nitrogens is 1. The van der Waals surface area contributed by atoms with Gasteiger partial charge in [-0.1, -0.05) is 31.9 Å². The molecular weight excluding hydrogens is 396 g/mol. The molecule has 1 unspecified atom stereocenters. The Morgan fingerprint density at radius 1 is 1.10 bits per heavy atom. The van der Waals surface area contributed by atoms with Crippen molar-refractivity contribution in [1.29, 1.82) is 0 Å². The quantitative estimate of drug-likeness (QED) is 0.386. The summed E-state index contributed by atoms with van der Waals surface area (Å²) in [5.41, 5.74) is 1.53. The predicted octanol–water partition coefficient (Wildman–Crippen LogP) is 3.81. The fourth-order valence-corrected chi connectivity index (χ4v) is 3.09. The third-order valence-electron chi connectivity index (χ3n) is 4.80. The Kier molecular flexibility index (Phi) is 10.3. The van der Waals surface area contributed by atoms with Gasteiger partial charge in [0, 0.05) is 12.3 Å². The van der Waals surface area contributed by atoms with Gasteiger partial charge in [0.1, 0.15) is 12.4 Å². The van der Waals surface area contributed by atoms with Gasteiger partial charge in [0.15, 0.2) is 0 Å². The zero-order valence-corrected chi connectivity index (χ0v) is 18.6. The van der Waals surface area contributed by atoms with E-state index in [9.17, 15) is 9.59 Å². The Bertz CT molecular complexity index is 806. The van der Waals surface area contributed by atoms with Gasteiger partial charge in [0.25, 0.3) is 5.91 Å². The van der Waals surface area contributed by atoms with Crippen LogP contribution in [0.5, 0.6) is 11.6 Å². The van der Waals surface area contributed by atoms with E-state index >= 15 is 0 Å². The van der Waals surface area contributed by atoms with E-state index in [2.05, 4.69) is 17.2 Å². The molecule has 0 fully saturated rings. The fourth-order valence-electron chi connectivity index (χ4n) is 3.09. The van der Waals surface area contributed by atoms with Crippen molar-refractivity contribution < 1.29 is 23.8 Å². The van der Waals surface area contributed by atoms with Gasteiger partial charge in [-0.25, -0.2) is 4.98 Å². The van der Waals surface area contributed by atoms with Crippen LogP contribution in [0.25, 0.3) is 0 Å². The molecule has 0 spiro atoms. The molecular formula is C24H32N2O5. The zero-order valence-electron chi connectivity index (χ0n) is 18.6. The lowest BCUT2D eigenvalue weighted by atomic mass is 9.94. The number of esters is 1. The van der Waals surface area contributed by atoms with Crippen molar-refractivity contribution in [2.24, 2.45) is 5.92 Å². The summed E-state index contributed by atoms with van der Waals surface area (Å²) in [7, 11) is 1.52. The predicted molar refractivity (Wildman–Crippen MR) is 118 cm³/mol. The maximum absolute atomic E-state index is 12.2. The second-order valence-electron chi connectivity index (χ2n) is 7.13. The van der Waals surface area contributed by atoms with E-state index in [1.54, 1.807) is 12.1 Å². The minimum Gasteiger partial charge on any atom is -0.492 e. The van der Waals surface area contributed by atoms with Crippen molar-refractivity contribution in [3.63, 3.8) is 0 Å². The molecule has 0 aliphatic rings. The van der Waals surface area contributed by atoms with Crippen LogP contribution in [0.15, 0.2) is 42.6 Å². The second kappa shape index (κ2) is 13.3. The number of carbonyl (C=O) groups is 2.